The molecule has 130 valence electrons. The lowest BCUT2D eigenvalue weighted by atomic mass is 10.1. The predicted molar refractivity (Wildman–Crippen MR) is 101 cm³/mol. The highest BCUT2D eigenvalue weighted by Gasteiger charge is 2.04. The maximum Gasteiger partial charge on any atom is 0.0626 e. The summed E-state index contributed by atoms with van der Waals surface area (Å²) in [7, 11) is 0. The lowest BCUT2D eigenvalue weighted by Crippen LogP contribution is -2.29. The smallest absolute Gasteiger partial charge is 0.0626 e. The minimum atomic E-state index is 0.0412. The summed E-state index contributed by atoms with van der Waals surface area (Å²) in [5, 5.41) is 26.8. The Bertz CT molecular complexity index is 556. The van der Waals surface area contributed by atoms with Gasteiger partial charge in [0, 0.05) is 25.0 Å². The lowest BCUT2D eigenvalue weighted by molar-refractivity contribution is 0.281. The van der Waals surface area contributed by atoms with Crippen LogP contribution in [-0.2, 0) is 0 Å². The summed E-state index contributed by atoms with van der Waals surface area (Å²) in [6.07, 6.45) is 9.13. The summed E-state index contributed by atoms with van der Waals surface area (Å²) in [5.74, 6) is 0. The van der Waals surface area contributed by atoms with E-state index in [0.717, 1.165) is 16.8 Å². The van der Waals surface area contributed by atoms with Gasteiger partial charge in [-0.05, 0) is 29.3 Å². The Morgan fingerprint density at radius 2 is 1.71 bits per heavy atom. The van der Waals surface area contributed by atoms with E-state index in [1.54, 1.807) is 12.3 Å². The normalized spacial score (nSPS) is 12.2. The van der Waals surface area contributed by atoms with Gasteiger partial charge in [0.05, 0.1) is 26.4 Å². The van der Waals surface area contributed by atoms with E-state index in [4.69, 9.17) is 15.3 Å². The fraction of sp³-hybridized carbons (Fsp3) is 0.316. The number of allylic oxidation sites excluding steroid dienone is 4. The van der Waals surface area contributed by atoms with Crippen LogP contribution in [-0.4, -0.2) is 61.0 Å². The monoisotopic (exact) mass is 330 g/mol. The number of rotatable bonds is 11. The van der Waals surface area contributed by atoms with Gasteiger partial charge >= 0.3 is 0 Å². The van der Waals surface area contributed by atoms with Crippen molar-refractivity contribution in [1.29, 1.82) is 0 Å². The molecule has 1 aromatic carbocycles. The predicted octanol–water partition coefficient (Wildman–Crippen LogP) is 1.67. The van der Waals surface area contributed by atoms with Crippen LogP contribution < -0.4 is 4.90 Å². The van der Waals surface area contributed by atoms with Crippen molar-refractivity contribution < 1.29 is 15.3 Å². The summed E-state index contributed by atoms with van der Waals surface area (Å²) in [6.45, 7) is 5.28. The maximum atomic E-state index is 9.08. The van der Waals surface area contributed by atoms with Crippen molar-refractivity contribution in [1.82, 2.24) is 0 Å². The second-order valence-corrected chi connectivity index (χ2v) is 5.01. The Hall–Kier alpha value is -2.21. The van der Waals surface area contributed by atoms with Crippen molar-refractivity contribution in [3.05, 3.63) is 60.2 Å². The first-order valence-electron chi connectivity index (χ1n) is 7.93. The average molecular weight is 330 g/mol. The number of aliphatic imine (C=N–C) groups is 1. The summed E-state index contributed by atoms with van der Waals surface area (Å²) in [6, 6.07) is 7.89. The molecule has 0 radical (unpaired) electrons. The molecule has 5 nitrogen and oxygen atoms in total. The minimum Gasteiger partial charge on any atom is -0.395 e. The highest BCUT2D eigenvalue weighted by Crippen LogP contribution is 2.16. The molecule has 0 atom stereocenters. The molecule has 5 heteroatoms. The number of hydrogen-bond donors (Lipinski definition) is 3. The van der Waals surface area contributed by atoms with Crippen molar-refractivity contribution in [3.8, 4) is 0 Å². The van der Waals surface area contributed by atoms with Crippen LogP contribution in [0.1, 0.15) is 5.56 Å². The first-order valence-corrected chi connectivity index (χ1v) is 7.93. The third-order valence-corrected chi connectivity index (χ3v) is 3.30. The van der Waals surface area contributed by atoms with E-state index in [2.05, 4.69) is 11.6 Å². The molecular weight excluding hydrogens is 304 g/mol. The van der Waals surface area contributed by atoms with Gasteiger partial charge in [0.15, 0.2) is 0 Å². The highest BCUT2D eigenvalue weighted by molar-refractivity contribution is 5.75. The molecule has 0 spiro atoms. The fourth-order valence-electron chi connectivity index (χ4n) is 2.06. The van der Waals surface area contributed by atoms with Crippen molar-refractivity contribution in [2.75, 3.05) is 44.4 Å². The van der Waals surface area contributed by atoms with Gasteiger partial charge in [-0.25, -0.2) is 0 Å². The van der Waals surface area contributed by atoms with Crippen LogP contribution in [0.3, 0.4) is 0 Å². The zero-order valence-corrected chi connectivity index (χ0v) is 13.9. The van der Waals surface area contributed by atoms with E-state index in [9.17, 15) is 0 Å². The molecule has 0 unspecified atom stereocenters. The van der Waals surface area contributed by atoms with E-state index < -0.39 is 0 Å². The Morgan fingerprint density at radius 3 is 2.25 bits per heavy atom. The van der Waals surface area contributed by atoms with Gasteiger partial charge < -0.3 is 20.2 Å². The Balaban J connectivity index is 2.75. The Labute approximate surface area is 143 Å². The van der Waals surface area contributed by atoms with Crippen molar-refractivity contribution >= 4 is 18.0 Å². The fourth-order valence-corrected chi connectivity index (χ4v) is 2.06. The van der Waals surface area contributed by atoms with E-state index in [-0.39, 0.29) is 19.8 Å². The van der Waals surface area contributed by atoms with Gasteiger partial charge in [-0.2, -0.15) is 0 Å². The van der Waals surface area contributed by atoms with Crippen molar-refractivity contribution in [2.24, 2.45) is 4.99 Å². The molecule has 0 saturated carbocycles. The van der Waals surface area contributed by atoms with E-state index >= 15 is 0 Å². The van der Waals surface area contributed by atoms with Gasteiger partial charge in [-0.1, -0.05) is 36.9 Å². The topological polar surface area (TPSA) is 76.3 Å². The molecule has 0 bridgehead atoms. The van der Waals surface area contributed by atoms with E-state index in [0.29, 0.717) is 19.6 Å². The van der Waals surface area contributed by atoms with Crippen LogP contribution in [0.25, 0.3) is 6.08 Å². The van der Waals surface area contributed by atoms with Gasteiger partial charge in [0.25, 0.3) is 0 Å². The zero-order valence-electron chi connectivity index (χ0n) is 13.9. The quantitative estimate of drug-likeness (QED) is 0.426. The maximum absolute atomic E-state index is 9.08. The second kappa shape index (κ2) is 12.2. The summed E-state index contributed by atoms with van der Waals surface area (Å²) in [5.41, 5.74) is 2.92. The molecule has 0 heterocycles. The first-order chi connectivity index (χ1) is 11.7. The molecule has 1 aromatic rings. The molecule has 0 aliphatic heterocycles. The number of anilines is 1. The third-order valence-electron chi connectivity index (χ3n) is 3.30. The van der Waals surface area contributed by atoms with Crippen molar-refractivity contribution in [3.63, 3.8) is 0 Å². The SMILES string of the molecule is C=CC(/C=C/c1ccc(N(CCO)CCO)cc1)=C\C=NCCO. The van der Waals surface area contributed by atoms with Gasteiger partial charge in [-0.15, -0.1) is 0 Å². The molecule has 3 N–H and O–H groups in total. The first kappa shape index (κ1) is 19.8. The molecule has 1 rings (SSSR count). The van der Waals surface area contributed by atoms with Crippen LogP contribution >= 0.6 is 0 Å². The van der Waals surface area contributed by atoms with Crippen LogP contribution in [0.15, 0.2) is 59.6 Å². The average Bonchev–Trinajstić information content (AvgIpc) is 2.61. The molecule has 0 amide bonds. The summed E-state index contributed by atoms with van der Waals surface area (Å²) >= 11 is 0. The van der Waals surface area contributed by atoms with Crippen LogP contribution in [0.5, 0.6) is 0 Å². The molecule has 0 aliphatic rings. The minimum absolute atomic E-state index is 0.0412. The Kier molecular flexibility index (Phi) is 10.1. The zero-order chi connectivity index (χ0) is 17.6. The van der Waals surface area contributed by atoms with Crippen LogP contribution in [0, 0.1) is 0 Å². The molecule has 0 aliphatic carbocycles. The largest absolute Gasteiger partial charge is 0.395 e. The lowest BCUT2D eigenvalue weighted by Gasteiger charge is -2.22. The summed E-state index contributed by atoms with van der Waals surface area (Å²) in [4.78, 5) is 5.95. The van der Waals surface area contributed by atoms with E-state index in [1.807, 2.05) is 47.4 Å². The molecule has 0 fully saturated rings. The third kappa shape index (κ3) is 7.37. The number of nitrogens with zero attached hydrogens (tertiary/aromatic N) is 2. The number of aliphatic hydroxyl groups is 3. The van der Waals surface area contributed by atoms with Crippen LogP contribution in [0.2, 0.25) is 0 Å². The highest BCUT2D eigenvalue weighted by atomic mass is 16.3. The van der Waals surface area contributed by atoms with Gasteiger partial charge in [-0.3, -0.25) is 4.99 Å². The number of benzene rings is 1. The molecule has 0 saturated heterocycles. The number of hydrogen-bond acceptors (Lipinski definition) is 5. The van der Waals surface area contributed by atoms with E-state index in [1.165, 1.54) is 0 Å². The Morgan fingerprint density at radius 1 is 1.04 bits per heavy atom. The van der Waals surface area contributed by atoms with Crippen molar-refractivity contribution in [2.45, 2.75) is 0 Å². The standard InChI is InChI=1S/C19H26N2O3/c1-2-17(9-10-20-11-14-22)3-4-18-5-7-19(8-6-18)21(12-15-23)13-16-24/h2-10,22-24H,1,11-16H2/b4-3+,17-9+,20-10?. The van der Waals surface area contributed by atoms with Gasteiger partial charge in [0.2, 0.25) is 0 Å². The second-order valence-electron chi connectivity index (χ2n) is 5.01. The summed E-state index contributed by atoms with van der Waals surface area (Å²) < 4.78 is 0. The molecule has 24 heavy (non-hydrogen) atoms. The molecule has 0 aromatic heterocycles. The van der Waals surface area contributed by atoms with Crippen LogP contribution in [0.4, 0.5) is 5.69 Å². The number of aliphatic hydroxyl groups excluding tert-OH is 3. The molecular formula is C19H26N2O3. The van der Waals surface area contributed by atoms with Gasteiger partial charge in [0.1, 0.15) is 0 Å².